The molecule has 0 amide bonds. The average molecular weight is 570 g/mol. The smallest absolute Gasteiger partial charge is 0.306 e. The summed E-state index contributed by atoms with van der Waals surface area (Å²) in [6, 6.07) is 0.507. The Labute approximate surface area is 242 Å². The SMILES string of the molecule is CCCC(=O)OCC[C@@H](OC(=O)CCC)[C@H](OC(=O)CCC)[C@H](C)OC(=O)CCCN1CCC(CCC)CC1C. The fourth-order valence-electron chi connectivity index (χ4n) is 5.26. The van der Waals surface area contributed by atoms with E-state index in [1.54, 1.807) is 6.92 Å². The number of carbonyl (C=O) groups is 4. The van der Waals surface area contributed by atoms with Gasteiger partial charge in [0, 0.05) is 38.1 Å². The maximum absolute atomic E-state index is 12.8. The molecule has 0 aromatic heterocycles. The third-order valence-corrected chi connectivity index (χ3v) is 7.37. The van der Waals surface area contributed by atoms with Gasteiger partial charge in [-0.05, 0) is 71.4 Å². The van der Waals surface area contributed by atoms with Crippen LogP contribution in [0.2, 0.25) is 0 Å². The zero-order valence-electron chi connectivity index (χ0n) is 25.9. The summed E-state index contributed by atoms with van der Waals surface area (Å²) in [5, 5.41) is 0. The number of ether oxygens (including phenoxy) is 4. The molecule has 9 heteroatoms. The van der Waals surface area contributed by atoms with E-state index in [4.69, 9.17) is 18.9 Å². The molecule has 0 saturated carbocycles. The van der Waals surface area contributed by atoms with E-state index in [1.165, 1.54) is 25.7 Å². The van der Waals surface area contributed by atoms with E-state index in [0.29, 0.717) is 38.1 Å². The van der Waals surface area contributed by atoms with E-state index < -0.39 is 30.3 Å². The van der Waals surface area contributed by atoms with Gasteiger partial charge in [0.2, 0.25) is 0 Å². The lowest BCUT2D eigenvalue weighted by Crippen LogP contribution is -2.45. The minimum Gasteiger partial charge on any atom is -0.466 e. The lowest BCUT2D eigenvalue weighted by atomic mass is 9.88. The van der Waals surface area contributed by atoms with Crippen molar-refractivity contribution in [2.75, 3.05) is 19.7 Å². The Balaban J connectivity index is 2.80. The third kappa shape index (κ3) is 14.5. The summed E-state index contributed by atoms with van der Waals surface area (Å²) in [6.45, 7) is 13.6. The molecule has 0 aromatic carbocycles. The number of nitrogens with zero attached hydrogens (tertiary/aromatic N) is 1. The van der Waals surface area contributed by atoms with Gasteiger partial charge in [-0.15, -0.1) is 0 Å². The lowest BCUT2D eigenvalue weighted by molar-refractivity contribution is -0.186. The molecule has 1 aliphatic rings. The number of hydrogen-bond donors (Lipinski definition) is 0. The van der Waals surface area contributed by atoms with E-state index in [2.05, 4.69) is 18.7 Å². The van der Waals surface area contributed by atoms with E-state index in [1.807, 2.05) is 20.8 Å². The van der Waals surface area contributed by atoms with Crippen LogP contribution >= 0.6 is 0 Å². The predicted molar refractivity (Wildman–Crippen MR) is 154 cm³/mol. The Bertz CT molecular complexity index is 758. The summed E-state index contributed by atoms with van der Waals surface area (Å²) in [7, 11) is 0. The summed E-state index contributed by atoms with van der Waals surface area (Å²) < 4.78 is 22.4. The number of esters is 4. The molecule has 232 valence electrons. The minimum absolute atomic E-state index is 0.00146. The molecule has 1 aliphatic heterocycles. The number of hydrogen-bond acceptors (Lipinski definition) is 9. The molecule has 1 heterocycles. The van der Waals surface area contributed by atoms with Crippen LogP contribution in [0.25, 0.3) is 0 Å². The second kappa shape index (κ2) is 20.7. The Hall–Kier alpha value is -2.16. The Morgan fingerprint density at radius 2 is 1.40 bits per heavy atom. The van der Waals surface area contributed by atoms with Crippen LogP contribution in [0.5, 0.6) is 0 Å². The second-order valence-corrected chi connectivity index (χ2v) is 11.1. The predicted octanol–water partition coefficient (Wildman–Crippen LogP) is 5.76. The first-order valence-corrected chi connectivity index (χ1v) is 15.6. The van der Waals surface area contributed by atoms with Crippen molar-refractivity contribution in [3.63, 3.8) is 0 Å². The standard InChI is InChI=1S/C31H55NO8/c1-7-12-25-17-20-32(23(5)22-25)19-11-16-30(36)38-24(6)31(40-29(35)15-10-4)26(39-28(34)14-9-3)18-21-37-27(33)13-8-2/h23-26,31H,7-22H2,1-6H3/t23?,24-,25?,26+,31+/m0/s1. The van der Waals surface area contributed by atoms with Crippen molar-refractivity contribution < 1.29 is 38.1 Å². The number of rotatable bonds is 20. The summed E-state index contributed by atoms with van der Waals surface area (Å²) in [4.78, 5) is 52.0. The fraction of sp³-hybridized carbons (Fsp3) is 0.871. The van der Waals surface area contributed by atoms with Gasteiger partial charge in [0.1, 0.15) is 12.2 Å². The maximum Gasteiger partial charge on any atom is 0.306 e. The van der Waals surface area contributed by atoms with E-state index in [-0.39, 0.29) is 44.2 Å². The van der Waals surface area contributed by atoms with Crippen LogP contribution in [0.4, 0.5) is 0 Å². The molecule has 0 aromatic rings. The van der Waals surface area contributed by atoms with Crippen LogP contribution in [0, 0.1) is 5.92 Å². The zero-order valence-corrected chi connectivity index (χ0v) is 25.9. The number of piperidine rings is 1. The Morgan fingerprint density at radius 1 is 0.800 bits per heavy atom. The van der Waals surface area contributed by atoms with Crippen LogP contribution in [0.3, 0.4) is 0 Å². The van der Waals surface area contributed by atoms with Crippen LogP contribution in [0.15, 0.2) is 0 Å². The number of carbonyl (C=O) groups excluding carboxylic acids is 4. The highest BCUT2D eigenvalue weighted by Crippen LogP contribution is 2.26. The van der Waals surface area contributed by atoms with E-state index in [9.17, 15) is 19.2 Å². The molecule has 1 saturated heterocycles. The maximum atomic E-state index is 12.8. The first-order chi connectivity index (χ1) is 19.1. The summed E-state index contributed by atoms with van der Waals surface area (Å²) >= 11 is 0. The van der Waals surface area contributed by atoms with Crippen molar-refractivity contribution in [3.05, 3.63) is 0 Å². The molecule has 0 bridgehead atoms. The lowest BCUT2D eigenvalue weighted by Gasteiger charge is -2.37. The van der Waals surface area contributed by atoms with Crippen LogP contribution in [-0.2, 0) is 38.1 Å². The zero-order chi connectivity index (χ0) is 29.9. The van der Waals surface area contributed by atoms with Crippen molar-refractivity contribution in [2.45, 2.75) is 149 Å². The molecular weight excluding hydrogens is 514 g/mol. The van der Waals surface area contributed by atoms with Gasteiger partial charge in [-0.1, -0.05) is 40.5 Å². The van der Waals surface area contributed by atoms with Gasteiger partial charge in [-0.25, -0.2) is 0 Å². The molecule has 1 fully saturated rings. The molecule has 0 aliphatic carbocycles. The number of likely N-dealkylation sites (tertiary alicyclic amines) is 1. The molecule has 9 nitrogen and oxygen atoms in total. The fourth-order valence-corrected chi connectivity index (χ4v) is 5.26. The molecule has 1 rings (SSSR count). The summed E-state index contributed by atoms with van der Waals surface area (Å²) in [5.41, 5.74) is 0. The van der Waals surface area contributed by atoms with Gasteiger partial charge in [-0.3, -0.25) is 19.2 Å². The van der Waals surface area contributed by atoms with Gasteiger partial charge in [-0.2, -0.15) is 0 Å². The molecule has 2 unspecified atom stereocenters. The van der Waals surface area contributed by atoms with Crippen molar-refractivity contribution in [1.82, 2.24) is 4.90 Å². The van der Waals surface area contributed by atoms with E-state index in [0.717, 1.165) is 19.0 Å². The first kappa shape index (κ1) is 35.9. The average Bonchev–Trinajstić information content (AvgIpc) is 2.88. The van der Waals surface area contributed by atoms with Crippen LogP contribution in [0.1, 0.15) is 125 Å². The molecule has 0 N–H and O–H groups in total. The second-order valence-electron chi connectivity index (χ2n) is 11.1. The van der Waals surface area contributed by atoms with Gasteiger partial charge in [0.15, 0.2) is 6.10 Å². The largest absolute Gasteiger partial charge is 0.466 e. The van der Waals surface area contributed by atoms with Crippen molar-refractivity contribution in [3.8, 4) is 0 Å². The van der Waals surface area contributed by atoms with Gasteiger partial charge < -0.3 is 23.8 Å². The third-order valence-electron chi connectivity index (χ3n) is 7.37. The Kier molecular flexibility index (Phi) is 18.5. The van der Waals surface area contributed by atoms with E-state index >= 15 is 0 Å². The van der Waals surface area contributed by atoms with Gasteiger partial charge in [0.05, 0.1) is 6.61 Å². The topological polar surface area (TPSA) is 108 Å². The molecule has 5 atom stereocenters. The monoisotopic (exact) mass is 569 g/mol. The van der Waals surface area contributed by atoms with Crippen LogP contribution < -0.4 is 0 Å². The molecule has 40 heavy (non-hydrogen) atoms. The van der Waals surface area contributed by atoms with Crippen molar-refractivity contribution in [1.29, 1.82) is 0 Å². The van der Waals surface area contributed by atoms with Crippen molar-refractivity contribution >= 4 is 23.9 Å². The first-order valence-electron chi connectivity index (χ1n) is 15.6. The van der Waals surface area contributed by atoms with Crippen LogP contribution in [-0.4, -0.2) is 72.8 Å². The highest BCUT2D eigenvalue weighted by molar-refractivity contribution is 5.71. The summed E-state index contributed by atoms with van der Waals surface area (Å²) in [6.07, 6.45) is 5.71. The quantitative estimate of drug-likeness (QED) is 0.134. The normalized spacial score (nSPS) is 19.8. The highest BCUT2D eigenvalue weighted by atomic mass is 16.6. The van der Waals surface area contributed by atoms with Crippen molar-refractivity contribution in [2.24, 2.45) is 5.92 Å². The summed E-state index contributed by atoms with van der Waals surface area (Å²) in [5.74, 6) is -0.840. The molecular formula is C31H55NO8. The van der Waals surface area contributed by atoms with Gasteiger partial charge >= 0.3 is 23.9 Å². The van der Waals surface area contributed by atoms with Gasteiger partial charge in [0.25, 0.3) is 0 Å². The minimum atomic E-state index is -1.01. The highest BCUT2D eigenvalue weighted by Gasteiger charge is 2.36. The Morgan fingerprint density at radius 3 is 2.00 bits per heavy atom. The molecule has 0 radical (unpaired) electrons. The molecule has 0 spiro atoms.